The standard InChI is InChI=1S/C24H32ClN3O6S/c1-24(2)8-6-13(7-9-24)19(23(31)28-11-17(25)21-20(28)18(29)12-34-21)16-10-14(27-35(3,32)33)4-5-15(16)22(26)30/h4-5,10,13,17,19-21,27H,6-9,11-12H2,1-3H3,(H2,26,30)/t17-,19-,20+,21+/m0/s1. The summed E-state index contributed by atoms with van der Waals surface area (Å²) in [6, 6.07) is 3.65. The molecule has 1 aromatic carbocycles. The number of likely N-dealkylation sites (tertiary alicyclic amines) is 1. The predicted molar refractivity (Wildman–Crippen MR) is 132 cm³/mol. The zero-order valence-corrected chi connectivity index (χ0v) is 21.7. The lowest BCUT2D eigenvalue weighted by Gasteiger charge is -2.39. The largest absolute Gasteiger partial charge is 0.366 e. The van der Waals surface area contributed by atoms with E-state index in [4.69, 9.17) is 22.1 Å². The molecule has 2 heterocycles. The summed E-state index contributed by atoms with van der Waals surface area (Å²) in [7, 11) is -3.60. The Kier molecular flexibility index (Phi) is 6.93. The van der Waals surface area contributed by atoms with Crippen LogP contribution < -0.4 is 10.5 Å². The van der Waals surface area contributed by atoms with Gasteiger partial charge in [0.25, 0.3) is 0 Å². The van der Waals surface area contributed by atoms with Crippen LogP contribution in [0.5, 0.6) is 0 Å². The molecule has 1 aromatic rings. The lowest BCUT2D eigenvalue weighted by Crippen LogP contribution is -2.46. The highest BCUT2D eigenvalue weighted by Crippen LogP contribution is 2.46. The number of carbonyl (C=O) groups excluding carboxylic acids is 3. The van der Waals surface area contributed by atoms with E-state index >= 15 is 0 Å². The summed E-state index contributed by atoms with van der Waals surface area (Å²) in [4.78, 5) is 40.7. The van der Waals surface area contributed by atoms with Gasteiger partial charge in [-0.3, -0.25) is 19.1 Å². The summed E-state index contributed by atoms with van der Waals surface area (Å²) in [5.41, 5.74) is 6.57. The first-order valence-electron chi connectivity index (χ1n) is 11.8. The number of hydrogen-bond acceptors (Lipinski definition) is 6. The second-order valence-electron chi connectivity index (χ2n) is 10.7. The fourth-order valence-electron chi connectivity index (χ4n) is 5.67. The van der Waals surface area contributed by atoms with Crippen molar-refractivity contribution >= 4 is 44.9 Å². The highest BCUT2D eigenvalue weighted by atomic mass is 35.5. The van der Waals surface area contributed by atoms with Gasteiger partial charge in [-0.15, -0.1) is 11.6 Å². The highest BCUT2D eigenvalue weighted by Gasteiger charge is 2.53. The SMILES string of the molecule is CC1(C)CCC([C@H](C(=O)N2C[C@H](Cl)[C@H]3OCC(=O)[C@H]32)c2cc(NS(C)(=O)=O)ccc2C(N)=O)CC1. The molecule has 3 aliphatic rings. The van der Waals surface area contributed by atoms with Gasteiger partial charge in [-0.1, -0.05) is 13.8 Å². The Hall–Kier alpha value is -2.17. The fraction of sp³-hybridized carbons (Fsp3) is 0.625. The Morgan fingerprint density at radius 1 is 1.26 bits per heavy atom. The number of primary amides is 1. The molecule has 2 aliphatic heterocycles. The molecule has 1 aliphatic carbocycles. The van der Waals surface area contributed by atoms with E-state index in [1.54, 1.807) is 0 Å². The summed E-state index contributed by atoms with van der Waals surface area (Å²) >= 11 is 6.45. The number of anilines is 1. The van der Waals surface area contributed by atoms with Crippen LogP contribution >= 0.6 is 11.6 Å². The van der Waals surface area contributed by atoms with E-state index in [0.29, 0.717) is 5.56 Å². The average molecular weight is 526 g/mol. The van der Waals surface area contributed by atoms with Crippen LogP contribution in [0.25, 0.3) is 0 Å². The molecule has 1 saturated carbocycles. The van der Waals surface area contributed by atoms with Crippen molar-refractivity contribution < 1.29 is 27.5 Å². The number of hydrogen-bond donors (Lipinski definition) is 2. The highest BCUT2D eigenvalue weighted by molar-refractivity contribution is 7.92. The van der Waals surface area contributed by atoms with Crippen molar-refractivity contribution in [1.29, 1.82) is 0 Å². The van der Waals surface area contributed by atoms with Crippen LogP contribution in [0.1, 0.15) is 61.4 Å². The van der Waals surface area contributed by atoms with Crippen molar-refractivity contribution in [3.63, 3.8) is 0 Å². The minimum Gasteiger partial charge on any atom is -0.366 e. The van der Waals surface area contributed by atoms with Crippen molar-refractivity contribution in [2.75, 3.05) is 24.1 Å². The van der Waals surface area contributed by atoms with Crippen molar-refractivity contribution in [1.82, 2.24) is 4.90 Å². The number of ketones is 1. The van der Waals surface area contributed by atoms with E-state index in [0.717, 1.165) is 31.9 Å². The molecule has 9 nitrogen and oxygen atoms in total. The molecular weight excluding hydrogens is 494 g/mol. The van der Waals surface area contributed by atoms with E-state index in [-0.39, 0.29) is 47.4 Å². The summed E-state index contributed by atoms with van der Waals surface area (Å²) in [6.45, 7) is 4.43. The van der Waals surface area contributed by atoms with Crippen LogP contribution in [0.3, 0.4) is 0 Å². The van der Waals surface area contributed by atoms with Gasteiger partial charge in [0.15, 0.2) is 5.78 Å². The molecule has 0 aromatic heterocycles. The summed E-state index contributed by atoms with van der Waals surface area (Å²) in [5, 5.41) is -0.518. The van der Waals surface area contributed by atoms with Crippen LogP contribution in [0, 0.1) is 11.3 Å². The van der Waals surface area contributed by atoms with Crippen LogP contribution in [0.2, 0.25) is 0 Å². The van der Waals surface area contributed by atoms with E-state index in [1.165, 1.54) is 23.1 Å². The number of sulfonamides is 1. The van der Waals surface area contributed by atoms with Crippen LogP contribution in [-0.2, 0) is 24.3 Å². The van der Waals surface area contributed by atoms with Crippen molar-refractivity contribution in [3.05, 3.63) is 29.3 Å². The number of halogens is 1. The number of rotatable bonds is 6. The fourth-order valence-corrected chi connectivity index (χ4v) is 6.58. The summed E-state index contributed by atoms with van der Waals surface area (Å²) in [5.74, 6) is -2.13. The van der Waals surface area contributed by atoms with Gasteiger partial charge in [0.2, 0.25) is 21.8 Å². The number of nitrogens with zero attached hydrogens (tertiary/aromatic N) is 1. The van der Waals surface area contributed by atoms with E-state index < -0.39 is 39.4 Å². The molecular formula is C24H32ClN3O6S. The summed E-state index contributed by atoms with van der Waals surface area (Å²) in [6.07, 6.45) is 3.72. The smallest absolute Gasteiger partial charge is 0.249 e. The van der Waals surface area contributed by atoms with Gasteiger partial charge in [-0.25, -0.2) is 8.42 Å². The van der Waals surface area contributed by atoms with E-state index in [1.807, 2.05) is 0 Å². The maximum absolute atomic E-state index is 14.2. The molecule has 3 fully saturated rings. The first-order chi connectivity index (χ1) is 16.3. The van der Waals surface area contributed by atoms with Gasteiger partial charge in [-0.2, -0.15) is 0 Å². The van der Waals surface area contributed by atoms with Crippen molar-refractivity contribution in [2.24, 2.45) is 17.1 Å². The van der Waals surface area contributed by atoms with Gasteiger partial charge in [0, 0.05) is 17.8 Å². The minimum atomic E-state index is -3.60. The van der Waals surface area contributed by atoms with Gasteiger partial charge in [-0.05, 0) is 60.8 Å². The number of fused-ring (bicyclic) bond motifs is 1. The Balaban J connectivity index is 1.79. The molecule has 0 spiro atoms. The number of Topliss-reactive ketones (excluding diaryl/α,β-unsaturated/α-hetero) is 1. The summed E-state index contributed by atoms with van der Waals surface area (Å²) < 4.78 is 31.7. The Bertz CT molecular complexity index is 1140. The molecule has 192 valence electrons. The third-order valence-electron chi connectivity index (χ3n) is 7.48. The Morgan fingerprint density at radius 2 is 1.91 bits per heavy atom. The maximum Gasteiger partial charge on any atom is 0.249 e. The number of amides is 2. The minimum absolute atomic E-state index is 0.0923. The third kappa shape index (κ3) is 5.34. The van der Waals surface area contributed by atoms with E-state index in [9.17, 15) is 22.8 Å². The molecule has 0 unspecified atom stereocenters. The molecule has 2 saturated heterocycles. The first kappa shape index (κ1) is 25.9. The molecule has 11 heteroatoms. The van der Waals surface area contributed by atoms with Gasteiger partial charge >= 0.3 is 0 Å². The van der Waals surface area contributed by atoms with E-state index in [2.05, 4.69) is 18.6 Å². The number of benzene rings is 1. The zero-order chi connectivity index (χ0) is 25.7. The lowest BCUT2D eigenvalue weighted by atomic mass is 9.67. The third-order valence-corrected chi connectivity index (χ3v) is 8.48. The average Bonchev–Trinajstić information content (AvgIpc) is 3.29. The molecule has 4 rings (SSSR count). The normalized spacial score (nSPS) is 27.5. The maximum atomic E-state index is 14.2. The molecule has 35 heavy (non-hydrogen) atoms. The Labute approximate surface area is 210 Å². The molecule has 0 bridgehead atoms. The van der Waals surface area contributed by atoms with Crippen molar-refractivity contribution in [2.45, 2.75) is 63.0 Å². The number of ether oxygens (including phenoxy) is 1. The monoisotopic (exact) mass is 525 g/mol. The molecule has 0 radical (unpaired) electrons. The number of carbonyl (C=O) groups is 3. The first-order valence-corrected chi connectivity index (χ1v) is 14.1. The predicted octanol–water partition coefficient (Wildman–Crippen LogP) is 2.24. The topological polar surface area (TPSA) is 136 Å². The van der Waals surface area contributed by atoms with Crippen LogP contribution in [-0.4, -0.2) is 67.8 Å². The second kappa shape index (κ2) is 9.37. The van der Waals surface area contributed by atoms with Crippen LogP contribution in [0.4, 0.5) is 5.69 Å². The van der Waals surface area contributed by atoms with Gasteiger partial charge in [0.1, 0.15) is 18.8 Å². The number of nitrogens with one attached hydrogen (secondary N) is 1. The Morgan fingerprint density at radius 3 is 2.51 bits per heavy atom. The number of nitrogens with two attached hydrogens (primary N) is 1. The quantitative estimate of drug-likeness (QED) is 0.547. The lowest BCUT2D eigenvalue weighted by molar-refractivity contribution is -0.139. The molecule has 3 N–H and O–H groups in total. The zero-order valence-electron chi connectivity index (χ0n) is 20.1. The molecule has 2 amide bonds. The van der Waals surface area contributed by atoms with Crippen LogP contribution in [0.15, 0.2) is 18.2 Å². The second-order valence-corrected chi connectivity index (χ2v) is 13.0. The van der Waals surface area contributed by atoms with Gasteiger partial charge in [0.05, 0.1) is 17.6 Å². The number of alkyl halides is 1. The van der Waals surface area contributed by atoms with Gasteiger partial charge < -0.3 is 15.4 Å². The van der Waals surface area contributed by atoms with Crippen molar-refractivity contribution in [3.8, 4) is 0 Å². The molecule has 4 atom stereocenters.